The number of benzene rings is 3. The maximum atomic E-state index is 13.1. The molecule has 0 radical (unpaired) electrons. The largest absolute Gasteiger partial charge is 0.497 e. The zero-order chi connectivity index (χ0) is 16.0. The molecule has 0 aliphatic carbocycles. The number of methoxy groups -OCH3 is 2. The smallest absolute Gasteiger partial charge is 0.204 e. The lowest BCUT2D eigenvalue weighted by Crippen LogP contribution is -2.04. The molecule has 0 bridgehead atoms. The first-order valence-electron chi connectivity index (χ1n) is 7.23. The maximum absolute atomic E-state index is 13.1. The summed E-state index contributed by atoms with van der Waals surface area (Å²) in [6.07, 6.45) is 0. The Hall–Kier alpha value is -3.01. The minimum absolute atomic E-state index is 0.0885. The SMILES string of the molecule is COc1ccc2c(ccc3oc4cccc(OC)c4c(=O)c32)c1. The number of hydrogen-bond donors (Lipinski definition) is 0. The van der Waals surface area contributed by atoms with E-state index >= 15 is 0 Å². The first kappa shape index (κ1) is 13.6. The van der Waals surface area contributed by atoms with Crippen molar-refractivity contribution in [2.45, 2.75) is 0 Å². The number of ether oxygens (including phenoxy) is 2. The van der Waals surface area contributed by atoms with Crippen LogP contribution in [0.1, 0.15) is 0 Å². The molecule has 0 spiro atoms. The predicted molar refractivity (Wildman–Crippen MR) is 90.6 cm³/mol. The highest BCUT2D eigenvalue weighted by Crippen LogP contribution is 2.31. The Kier molecular flexibility index (Phi) is 2.98. The fraction of sp³-hybridized carbons (Fsp3) is 0.105. The molecule has 4 nitrogen and oxygen atoms in total. The van der Waals surface area contributed by atoms with Crippen LogP contribution in [-0.4, -0.2) is 14.2 Å². The standard InChI is InChI=1S/C19H14O4/c1-21-12-7-8-13-11(10-12)6-9-16-17(13)19(20)18-14(22-2)4-3-5-15(18)23-16/h3-10H,1-2H3. The summed E-state index contributed by atoms with van der Waals surface area (Å²) in [6, 6.07) is 14.7. The third kappa shape index (κ3) is 1.95. The van der Waals surface area contributed by atoms with Crippen molar-refractivity contribution in [1.82, 2.24) is 0 Å². The molecule has 3 aromatic carbocycles. The highest BCUT2D eigenvalue weighted by Gasteiger charge is 2.14. The molecule has 4 heteroatoms. The molecule has 0 N–H and O–H groups in total. The summed E-state index contributed by atoms with van der Waals surface area (Å²) in [5, 5.41) is 2.79. The fourth-order valence-corrected chi connectivity index (χ4v) is 2.97. The summed E-state index contributed by atoms with van der Waals surface area (Å²) < 4.78 is 16.5. The normalized spacial score (nSPS) is 11.2. The van der Waals surface area contributed by atoms with Gasteiger partial charge in [-0.2, -0.15) is 0 Å². The van der Waals surface area contributed by atoms with Crippen LogP contribution < -0.4 is 14.9 Å². The molecule has 0 atom stereocenters. The zero-order valence-corrected chi connectivity index (χ0v) is 12.8. The van der Waals surface area contributed by atoms with Gasteiger partial charge in [0.2, 0.25) is 5.43 Å². The van der Waals surface area contributed by atoms with E-state index < -0.39 is 0 Å². The molecule has 114 valence electrons. The number of rotatable bonds is 2. The molecule has 0 amide bonds. The topological polar surface area (TPSA) is 48.7 Å². The lowest BCUT2D eigenvalue weighted by molar-refractivity contribution is 0.415. The second kappa shape index (κ2) is 5.02. The first-order valence-corrected chi connectivity index (χ1v) is 7.23. The monoisotopic (exact) mass is 306 g/mol. The highest BCUT2D eigenvalue weighted by molar-refractivity contribution is 6.09. The lowest BCUT2D eigenvalue weighted by atomic mass is 10.0. The Balaban J connectivity index is 2.23. The van der Waals surface area contributed by atoms with E-state index in [9.17, 15) is 4.79 Å². The van der Waals surface area contributed by atoms with Gasteiger partial charge in [0.05, 0.1) is 19.6 Å². The lowest BCUT2D eigenvalue weighted by Gasteiger charge is -2.08. The molecule has 0 aliphatic rings. The summed E-state index contributed by atoms with van der Waals surface area (Å²) in [4.78, 5) is 13.1. The van der Waals surface area contributed by atoms with Crippen molar-refractivity contribution >= 4 is 32.7 Å². The van der Waals surface area contributed by atoms with Crippen molar-refractivity contribution in [1.29, 1.82) is 0 Å². The first-order chi connectivity index (χ1) is 11.2. The van der Waals surface area contributed by atoms with E-state index in [4.69, 9.17) is 13.9 Å². The zero-order valence-electron chi connectivity index (χ0n) is 12.8. The van der Waals surface area contributed by atoms with E-state index in [0.29, 0.717) is 27.7 Å². The van der Waals surface area contributed by atoms with Crippen LogP contribution >= 0.6 is 0 Å². The van der Waals surface area contributed by atoms with E-state index in [2.05, 4.69) is 0 Å². The van der Waals surface area contributed by atoms with Gasteiger partial charge in [0.15, 0.2) is 0 Å². The fourth-order valence-electron chi connectivity index (χ4n) is 2.97. The van der Waals surface area contributed by atoms with E-state index in [1.54, 1.807) is 26.4 Å². The highest BCUT2D eigenvalue weighted by atomic mass is 16.5. The third-order valence-corrected chi connectivity index (χ3v) is 4.07. The Labute approximate surface area is 131 Å². The molecular formula is C19H14O4. The molecule has 4 aromatic rings. The van der Waals surface area contributed by atoms with Gasteiger partial charge in [-0.3, -0.25) is 4.79 Å². The second-order valence-corrected chi connectivity index (χ2v) is 5.29. The maximum Gasteiger partial charge on any atom is 0.204 e. The van der Waals surface area contributed by atoms with Crippen molar-refractivity contribution in [2.24, 2.45) is 0 Å². The van der Waals surface area contributed by atoms with Crippen molar-refractivity contribution in [3.05, 3.63) is 58.8 Å². The van der Waals surface area contributed by atoms with Gasteiger partial charge >= 0.3 is 0 Å². The molecule has 1 aromatic heterocycles. The predicted octanol–water partition coefficient (Wildman–Crippen LogP) is 4.12. The van der Waals surface area contributed by atoms with Gasteiger partial charge in [-0.15, -0.1) is 0 Å². The van der Waals surface area contributed by atoms with Gasteiger partial charge in [0.25, 0.3) is 0 Å². The van der Waals surface area contributed by atoms with Crippen LogP contribution in [0.25, 0.3) is 32.7 Å². The van der Waals surface area contributed by atoms with E-state index in [1.165, 1.54) is 0 Å². The Bertz CT molecular complexity index is 1110. The number of hydrogen-bond acceptors (Lipinski definition) is 4. The summed E-state index contributed by atoms with van der Waals surface area (Å²) in [5.74, 6) is 1.27. The summed E-state index contributed by atoms with van der Waals surface area (Å²) in [5.41, 5.74) is 0.998. The van der Waals surface area contributed by atoms with E-state index in [0.717, 1.165) is 16.5 Å². The quantitative estimate of drug-likeness (QED) is 0.413. The Morgan fingerprint density at radius 1 is 0.870 bits per heavy atom. The molecule has 0 aliphatic heterocycles. The minimum atomic E-state index is -0.0885. The molecular weight excluding hydrogens is 292 g/mol. The van der Waals surface area contributed by atoms with E-state index in [-0.39, 0.29) is 5.43 Å². The van der Waals surface area contributed by atoms with Crippen molar-refractivity contribution in [2.75, 3.05) is 14.2 Å². The average Bonchev–Trinajstić information content (AvgIpc) is 2.60. The molecule has 23 heavy (non-hydrogen) atoms. The van der Waals surface area contributed by atoms with Crippen LogP contribution in [0.2, 0.25) is 0 Å². The molecule has 0 unspecified atom stereocenters. The van der Waals surface area contributed by atoms with Crippen molar-refractivity contribution in [3.8, 4) is 11.5 Å². The van der Waals surface area contributed by atoms with Crippen molar-refractivity contribution in [3.63, 3.8) is 0 Å². The molecule has 1 heterocycles. The Morgan fingerprint density at radius 3 is 2.48 bits per heavy atom. The van der Waals surface area contributed by atoms with Gasteiger partial charge in [-0.1, -0.05) is 12.1 Å². The van der Waals surface area contributed by atoms with Gasteiger partial charge in [0, 0.05) is 0 Å². The van der Waals surface area contributed by atoms with Crippen LogP contribution in [0.3, 0.4) is 0 Å². The average molecular weight is 306 g/mol. The van der Waals surface area contributed by atoms with Crippen LogP contribution in [0.5, 0.6) is 11.5 Å². The summed E-state index contributed by atoms with van der Waals surface area (Å²) in [6.45, 7) is 0. The van der Waals surface area contributed by atoms with E-state index in [1.807, 2.05) is 36.4 Å². The minimum Gasteiger partial charge on any atom is -0.497 e. The third-order valence-electron chi connectivity index (χ3n) is 4.07. The second-order valence-electron chi connectivity index (χ2n) is 5.29. The Morgan fingerprint density at radius 2 is 1.70 bits per heavy atom. The molecule has 0 fully saturated rings. The summed E-state index contributed by atoms with van der Waals surface area (Å²) >= 11 is 0. The summed E-state index contributed by atoms with van der Waals surface area (Å²) in [7, 11) is 3.17. The van der Waals surface area contributed by atoms with Crippen LogP contribution in [0, 0.1) is 0 Å². The van der Waals surface area contributed by atoms with Crippen LogP contribution in [0.15, 0.2) is 57.7 Å². The van der Waals surface area contributed by atoms with Crippen LogP contribution in [0.4, 0.5) is 0 Å². The van der Waals surface area contributed by atoms with Gasteiger partial charge in [-0.25, -0.2) is 0 Å². The van der Waals surface area contributed by atoms with Gasteiger partial charge in [0.1, 0.15) is 28.1 Å². The van der Waals surface area contributed by atoms with Crippen molar-refractivity contribution < 1.29 is 13.9 Å². The van der Waals surface area contributed by atoms with Crippen LogP contribution in [-0.2, 0) is 0 Å². The molecule has 0 saturated heterocycles. The van der Waals surface area contributed by atoms with Gasteiger partial charge in [-0.05, 0) is 47.2 Å². The van der Waals surface area contributed by atoms with Gasteiger partial charge < -0.3 is 13.9 Å². The molecule has 0 saturated carbocycles. The molecule has 4 rings (SSSR count). The number of fused-ring (bicyclic) bond motifs is 4.